The Bertz CT molecular complexity index is 850. The number of carbonyl (C=O) groups is 1. The van der Waals surface area contributed by atoms with Crippen LogP contribution in [0, 0.1) is 3.57 Å². The highest BCUT2D eigenvalue weighted by atomic mass is 127. The van der Waals surface area contributed by atoms with Crippen molar-refractivity contribution in [2.24, 2.45) is 0 Å². The van der Waals surface area contributed by atoms with Gasteiger partial charge in [-0.3, -0.25) is 4.79 Å². The van der Waals surface area contributed by atoms with Gasteiger partial charge in [0.1, 0.15) is 0 Å². The molecule has 0 bridgehead atoms. The molecule has 1 aliphatic rings. The molecule has 1 atom stereocenters. The Hall–Kier alpha value is -1.96. The fraction of sp³-hybridized carbons (Fsp3) is 0.350. The molecule has 0 spiro atoms. The Morgan fingerprint density at radius 2 is 1.85 bits per heavy atom. The maximum atomic E-state index is 11.7. The average Bonchev–Trinajstić information content (AvgIpc) is 2.76. The largest absolute Gasteiger partial charge is 0.493 e. The topological polar surface area (TPSA) is 56.8 Å². The first-order chi connectivity index (χ1) is 12.5. The maximum absolute atomic E-state index is 11.7. The number of carbonyl (C=O) groups excluding carboxylic acids is 1. The predicted octanol–water partition coefficient (Wildman–Crippen LogP) is 4.11. The lowest BCUT2D eigenvalue weighted by atomic mass is 9.94. The lowest BCUT2D eigenvalue weighted by Crippen LogP contribution is -2.26. The number of hydrogen-bond acceptors (Lipinski definition) is 4. The first-order valence-electron chi connectivity index (χ1n) is 8.38. The van der Waals surface area contributed by atoms with Crippen LogP contribution in [0.25, 0.3) is 11.1 Å². The summed E-state index contributed by atoms with van der Waals surface area (Å²) in [5.41, 5.74) is 4.27. The molecule has 1 N–H and O–H groups in total. The second kappa shape index (κ2) is 7.73. The number of nitrogens with one attached hydrogen (secondary N) is 1. The highest BCUT2D eigenvalue weighted by Gasteiger charge is 2.29. The van der Waals surface area contributed by atoms with E-state index in [-0.39, 0.29) is 11.9 Å². The molecule has 1 aliphatic carbocycles. The van der Waals surface area contributed by atoms with Crippen molar-refractivity contribution in [1.29, 1.82) is 0 Å². The van der Waals surface area contributed by atoms with E-state index >= 15 is 0 Å². The molecule has 2 aromatic rings. The highest BCUT2D eigenvalue weighted by molar-refractivity contribution is 14.1. The molecule has 5 nitrogen and oxygen atoms in total. The fourth-order valence-corrected chi connectivity index (χ4v) is 4.11. The van der Waals surface area contributed by atoms with Gasteiger partial charge in [0, 0.05) is 16.1 Å². The molecule has 0 saturated heterocycles. The molecule has 0 radical (unpaired) electrons. The van der Waals surface area contributed by atoms with E-state index in [0.717, 1.165) is 38.7 Å². The number of benzene rings is 2. The summed E-state index contributed by atoms with van der Waals surface area (Å²) < 4.78 is 17.9. The van der Waals surface area contributed by atoms with Gasteiger partial charge in [0.2, 0.25) is 11.7 Å². The normalized spacial score (nSPS) is 15.3. The molecule has 0 aromatic heterocycles. The molecule has 26 heavy (non-hydrogen) atoms. The summed E-state index contributed by atoms with van der Waals surface area (Å²) in [6.07, 6.45) is 1.60. The summed E-state index contributed by atoms with van der Waals surface area (Å²) in [5, 5.41) is 3.09. The zero-order valence-corrected chi connectivity index (χ0v) is 17.5. The minimum atomic E-state index is -0.0497. The van der Waals surface area contributed by atoms with Crippen LogP contribution in [-0.2, 0) is 11.2 Å². The molecule has 0 aliphatic heterocycles. The third-order valence-electron chi connectivity index (χ3n) is 4.65. The maximum Gasteiger partial charge on any atom is 0.217 e. The molecule has 0 fully saturated rings. The minimum Gasteiger partial charge on any atom is -0.493 e. The number of fused-ring (bicyclic) bond motifs is 3. The summed E-state index contributed by atoms with van der Waals surface area (Å²) in [5.74, 6) is 1.85. The van der Waals surface area contributed by atoms with Crippen LogP contribution in [-0.4, -0.2) is 27.2 Å². The first kappa shape index (κ1) is 18.8. The molecule has 138 valence electrons. The van der Waals surface area contributed by atoms with Crippen LogP contribution in [0.1, 0.15) is 30.5 Å². The Labute approximate surface area is 167 Å². The van der Waals surface area contributed by atoms with Crippen LogP contribution < -0.4 is 19.5 Å². The van der Waals surface area contributed by atoms with E-state index in [9.17, 15) is 4.79 Å². The van der Waals surface area contributed by atoms with Crippen LogP contribution in [0.2, 0.25) is 0 Å². The Balaban J connectivity index is 2.31. The second-order valence-corrected chi connectivity index (χ2v) is 7.45. The van der Waals surface area contributed by atoms with E-state index in [0.29, 0.717) is 17.2 Å². The number of ether oxygens (including phenoxy) is 3. The first-order valence-corrected chi connectivity index (χ1v) is 9.46. The molecule has 2 aromatic carbocycles. The van der Waals surface area contributed by atoms with E-state index in [2.05, 4.69) is 46.1 Å². The Morgan fingerprint density at radius 3 is 2.46 bits per heavy atom. The summed E-state index contributed by atoms with van der Waals surface area (Å²) in [7, 11) is 4.87. The van der Waals surface area contributed by atoms with Gasteiger partial charge in [-0.15, -0.1) is 0 Å². The second-order valence-electron chi connectivity index (χ2n) is 6.20. The van der Waals surface area contributed by atoms with E-state index < -0.39 is 0 Å². The molecule has 3 rings (SSSR count). The van der Waals surface area contributed by atoms with Gasteiger partial charge < -0.3 is 19.5 Å². The van der Waals surface area contributed by atoms with Crippen molar-refractivity contribution >= 4 is 28.5 Å². The number of amides is 1. The lowest BCUT2D eigenvalue weighted by molar-refractivity contribution is -0.119. The number of hydrogen-bond donors (Lipinski definition) is 1. The Morgan fingerprint density at radius 1 is 1.12 bits per heavy atom. The monoisotopic (exact) mass is 467 g/mol. The zero-order valence-electron chi connectivity index (χ0n) is 15.3. The quantitative estimate of drug-likeness (QED) is 0.688. The molecule has 6 heteroatoms. The van der Waals surface area contributed by atoms with Gasteiger partial charge in [-0.25, -0.2) is 0 Å². The van der Waals surface area contributed by atoms with Crippen LogP contribution in [0.4, 0.5) is 0 Å². The standard InChI is InChI=1S/C20H22INO4/c1-11(23)22-16-8-5-12-9-17(24-2)19(25-3)20(26-4)18(12)14-7-6-13(21)10-15(14)16/h6-7,9-10,16H,5,8H2,1-4H3,(H,22,23)/t16-/m0/s1. The van der Waals surface area contributed by atoms with Gasteiger partial charge in [-0.1, -0.05) is 6.07 Å². The fourth-order valence-electron chi connectivity index (χ4n) is 3.60. The van der Waals surface area contributed by atoms with Crippen LogP contribution in [0.5, 0.6) is 17.2 Å². The number of aryl methyl sites for hydroxylation is 1. The molecule has 1 amide bonds. The van der Waals surface area contributed by atoms with Crippen molar-refractivity contribution in [3.63, 3.8) is 0 Å². The van der Waals surface area contributed by atoms with Gasteiger partial charge in [-0.05, 0) is 70.3 Å². The zero-order chi connectivity index (χ0) is 18.8. The average molecular weight is 467 g/mol. The van der Waals surface area contributed by atoms with E-state index in [1.807, 2.05) is 6.07 Å². The van der Waals surface area contributed by atoms with E-state index in [4.69, 9.17) is 14.2 Å². The van der Waals surface area contributed by atoms with Crippen molar-refractivity contribution in [1.82, 2.24) is 5.32 Å². The summed E-state index contributed by atoms with van der Waals surface area (Å²) in [6.45, 7) is 1.55. The molecule has 0 heterocycles. The summed E-state index contributed by atoms with van der Waals surface area (Å²) in [6, 6.07) is 8.24. The van der Waals surface area contributed by atoms with Crippen LogP contribution in [0.3, 0.4) is 0 Å². The SMILES string of the molecule is COc1cc2c(c(OC)c1OC)-c1ccc(I)cc1[C@@H](NC(C)=O)CC2. The predicted molar refractivity (Wildman–Crippen MR) is 109 cm³/mol. The van der Waals surface area contributed by atoms with E-state index in [1.165, 1.54) is 0 Å². The third-order valence-corrected chi connectivity index (χ3v) is 5.32. The highest BCUT2D eigenvalue weighted by Crippen LogP contribution is 2.50. The molecular weight excluding hydrogens is 445 g/mol. The minimum absolute atomic E-state index is 0.0344. The molecular formula is C20H22INO4. The smallest absolute Gasteiger partial charge is 0.217 e. The molecule has 0 saturated carbocycles. The van der Waals surface area contributed by atoms with Gasteiger partial charge in [0.05, 0.1) is 27.4 Å². The van der Waals surface area contributed by atoms with Crippen molar-refractivity contribution in [2.75, 3.05) is 21.3 Å². The van der Waals surface area contributed by atoms with Crippen molar-refractivity contribution in [3.05, 3.63) is 39.0 Å². The van der Waals surface area contributed by atoms with Gasteiger partial charge >= 0.3 is 0 Å². The van der Waals surface area contributed by atoms with Gasteiger partial charge in [0.25, 0.3) is 0 Å². The lowest BCUT2D eigenvalue weighted by Gasteiger charge is -2.21. The Kier molecular flexibility index (Phi) is 5.60. The third kappa shape index (κ3) is 3.34. The van der Waals surface area contributed by atoms with Crippen LogP contribution in [0.15, 0.2) is 24.3 Å². The number of halogens is 1. The van der Waals surface area contributed by atoms with E-state index in [1.54, 1.807) is 28.3 Å². The van der Waals surface area contributed by atoms with Crippen molar-refractivity contribution in [3.8, 4) is 28.4 Å². The van der Waals surface area contributed by atoms with Gasteiger partial charge in [0.15, 0.2) is 11.5 Å². The molecule has 0 unspecified atom stereocenters. The van der Waals surface area contributed by atoms with Crippen LogP contribution >= 0.6 is 22.6 Å². The number of methoxy groups -OCH3 is 3. The summed E-state index contributed by atoms with van der Waals surface area (Å²) in [4.78, 5) is 11.7. The number of rotatable bonds is 4. The van der Waals surface area contributed by atoms with Crippen molar-refractivity contribution < 1.29 is 19.0 Å². The summed E-state index contributed by atoms with van der Waals surface area (Å²) >= 11 is 2.30. The van der Waals surface area contributed by atoms with Gasteiger partial charge in [-0.2, -0.15) is 0 Å². The van der Waals surface area contributed by atoms with Crippen molar-refractivity contribution in [2.45, 2.75) is 25.8 Å².